The number of Topliss-reactive ketones (excluding diaryl/α,β-unsaturated/α-hetero) is 1. The molecule has 3 rings (SSSR count). The van der Waals surface area contributed by atoms with Crippen LogP contribution in [0.2, 0.25) is 0 Å². The van der Waals surface area contributed by atoms with Gasteiger partial charge in [-0.05, 0) is 41.8 Å². The molecule has 0 bridgehead atoms. The van der Waals surface area contributed by atoms with Crippen LogP contribution in [0.4, 0.5) is 0 Å². The van der Waals surface area contributed by atoms with Crippen molar-refractivity contribution < 1.29 is 9.53 Å². The highest BCUT2D eigenvalue weighted by atomic mass is 16.5. The Labute approximate surface area is 119 Å². The summed E-state index contributed by atoms with van der Waals surface area (Å²) in [5, 5.41) is 0. The fourth-order valence-corrected chi connectivity index (χ4v) is 2.65. The van der Waals surface area contributed by atoms with Gasteiger partial charge in [0.15, 0.2) is 5.78 Å². The van der Waals surface area contributed by atoms with E-state index in [-0.39, 0.29) is 5.78 Å². The lowest BCUT2D eigenvalue weighted by atomic mass is 9.78. The van der Waals surface area contributed by atoms with Gasteiger partial charge in [-0.1, -0.05) is 31.2 Å². The summed E-state index contributed by atoms with van der Waals surface area (Å²) in [6, 6.07) is 16.0. The smallest absolute Gasteiger partial charge is 0.162 e. The Kier molecular flexibility index (Phi) is 3.55. The zero-order valence-corrected chi connectivity index (χ0v) is 11.6. The van der Waals surface area contributed by atoms with Gasteiger partial charge in [0, 0.05) is 17.9 Å². The van der Waals surface area contributed by atoms with Crippen LogP contribution in [-0.2, 0) is 6.42 Å². The first kappa shape index (κ1) is 12.9. The summed E-state index contributed by atoms with van der Waals surface area (Å²) in [5.41, 5.74) is 3.60. The molecular formula is C18H18O2. The Hall–Kier alpha value is -2.09. The fraction of sp³-hybridized carbons (Fsp3) is 0.278. The van der Waals surface area contributed by atoms with Crippen LogP contribution in [0.1, 0.15) is 40.7 Å². The van der Waals surface area contributed by atoms with Crippen LogP contribution in [0.3, 0.4) is 0 Å². The normalized spacial score (nSPS) is 16.1. The number of ether oxygens (including phenoxy) is 1. The molecular weight excluding hydrogens is 248 g/mol. The minimum absolute atomic E-state index is 0.171. The van der Waals surface area contributed by atoms with E-state index in [1.807, 2.05) is 31.2 Å². The standard InChI is InChI=1S/C18H18O2/c1-2-18(19)13-7-9-16(10-8-13)20-12-15-11-14-5-3-4-6-17(14)15/h3-10,15H,2,11-12H2,1H3. The van der Waals surface area contributed by atoms with Gasteiger partial charge in [-0.3, -0.25) is 4.79 Å². The molecule has 0 heterocycles. The maximum absolute atomic E-state index is 11.5. The predicted molar refractivity (Wildman–Crippen MR) is 79.4 cm³/mol. The monoisotopic (exact) mass is 266 g/mol. The van der Waals surface area contributed by atoms with Crippen LogP contribution in [0.15, 0.2) is 48.5 Å². The van der Waals surface area contributed by atoms with E-state index in [0.717, 1.165) is 17.7 Å². The van der Waals surface area contributed by atoms with Crippen LogP contribution in [0.5, 0.6) is 5.75 Å². The largest absolute Gasteiger partial charge is 0.493 e. The molecule has 0 radical (unpaired) electrons. The lowest BCUT2D eigenvalue weighted by molar-refractivity contribution is 0.0988. The van der Waals surface area contributed by atoms with Gasteiger partial charge >= 0.3 is 0 Å². The third kappa shape index (κ3) is 2.46. The molecule has 1 atom stereocenters. The maximum atomic E-state index is 11.5. The lowest BCUT2D eigenvalue weighted by Crippen LogP contribution is -2.23. The first-order chi connectivity index (χ1) is 9.78. The van der Waals surface area contributed by atoms with Crippen molar-refractivity contribution >= 4 is 5.78 Å². The van der Waals surface area contributed by atoms with E-state index in [2.05, 4.69) is 24.3 Å². The molecule has 0 fully saturated rings. The van der Waals surface area contributed by atoms with Crippen molar-refractivity contribution in [1.29, 1.82) is 0 Å². The lowest BCUT2D eigenvalue weighted by Gasteiger charge is -2.29. The number of carbonyl (C=O) groups is 1. The molecule has 0 N–H and O–H groups in total. The highest BCUT2D eigenvalue weighted by Crippen LogP contribution is 2.35. The molecule has 20 heavy (non-hydrogen) atoms. The number of ketones is 1. The van der Waals surface area contributed by atoms with Crippen molar-refractivity contribution in [2.75, 3.05) is 6.61 Å². The van der Waals surface area contributed by atoms with Crippen molar-refractivity contribution in [3.63, 3.8) is 0 Å². The molecule has 2 nitrogen and oxygen atoms in total. The van der Waals surface area contributed by atoms with Crippen LogP contribution < -0.4 is 4.74 Å². The molecule has 0 aromatic heterocycles. The highest BCUT2D eigenvalue weighted by Gasteiger charge is 2.25. The zero-order valence-electron chi connectivity index (χ0n) is 11.6. The Balaban J connectivity index is 1.59. The van der Waals surface area contributed by atoms with Crippen LogP contribution in [0.25, 0.3) is 0 Å². The van der Waals surface area contributed by atoms with Crippen LogP contribution in [-0.4, -0.2) is 12.4 Å². The maximum Gasteiger partial charge on any atom is 0.162 e. The van der Waals surface area contributed by atoms with Gasteiger partial charge in [0.2, 0.25) is 0 Å². The Morgan fingerprint density at radius 2 is 1.90 bits per heavy atom. The number of hydrogen-bond donors (Lipinski definition) is 0. The number of benzene rings is 2. The van der Waals surface area contributed by atoms with E-state index in [0.29, 0.717) is 18.9 Å². The molecule has 2 aromatic rings. The molecule has 2 aromatic carbocycles. The minimum Gasteiger partial charge on any atom is -0.493 e. The highest BCUT2D eigenvalue weighted by molar-refractivity contribution is 5.95. The van der Waals surface area contributed by atoms with Crippen LogP contribution >= 0.6 is 0 Å². The van der Waals surface area contributed by atoms with E-state index in [1.165, 1.54) is 11.1 Å². The van der Waals surface area contributed by atoms with Gasteiger partial charge in [0.05, 0.1) is 6.61 Å². The third-order valence-electron chi connectivity index (χ3n) is 3.91. The molecule has 0 spiro atoms. The molecule has 2 heteroatoms. The fourth-order valence-electron chi connectivity index (χ4n) is 2.65. The van der Waals surface area contributed by atoms with Gasteiger partial charge < -0.3 is 4.74 Å². The Morgan fingerprint density at radius 1 is 1.15 bits per heavy atom. The zero-order chi connectivity index (χ0) is 13.9. The molecule has 0 saturated carbocycles. The third-order valence-corrected chi connectivity index (χ3v) is 3.91. The summed E-state index contributed by atoms with van der Waals surface area (Å²) in [6.07, 6.45) is 1.64. The van der Waals surface area contributed by atoms with Crippen molar-refractivity contribution in [2.45, 2.75) is 25.7 Å². The van der Waals surface area contributed by atoms with E-state index in [4.69, 9.17) is 4.74 Å². The predicted octanol–water partition coefficient (Wildman–Crippen LogP) is 4.00. The molecule has 0 amide bonds. The van der Waals surface area contributed by atoms with E-state index in [9.17, 15) is 4.79 Å². The van der Waals surface area contributed by atoms with Gasteiger partial charge in [-0.2, -0.15) is 0 Å². The molecule has 1 unspecified atom stereocenters. The summed E-state index contributed by atoms with van der Waals surface area (Å²) in [5.74, 6) is 1.51. The van der Waals surface area contributed by atoms with E-state index < -0.39 is 0 Å². The average molecular weight is 266 g/mol. The summed E-state index contributed by atoms with van der Waals surface area (Å²) < 4.78 is 5.82. The minimum atomic E-state index is 0.171. The van der Waals surface area contributed by atoms with Crippen molar-refractivity contribution in [3.8, 4) is 5.75 Å². The van der Waals surface area contributed by atoms with Gasteiger partial charge in [-0.15, -0.1) is 0 Å². The average Bonchev–Trinajstić information content (AvgIpc) is 2.48. The summed E-state index contributed by atoms with van der Waals surface area (Å²) in [4.78, 5) is 11.5. The summed E-state index contributed by atoms with van der Waals surface area (Å²) in [7, 11) is 0. The van der Waals surface area contributed by atoms with Crippen molar-refractivity contribution in [3.05, 3.63) is 65.2 Å². The van der Waals surface area contributed by atoms with Crippen molar-refractivity contribution in [2.24, 2.45) is 0 Å². The Bertz CT molecular complexity index is 614. The second kappa shape index (κ2) is 5.49. The molecule has 1 aliphatic rings. The van der Waals surface area contributed by atoms with Gasteiger partial charge in [0.25, 0.3) is 0 Å². The molecule has 0 aliphatic heterocycles. The molecule has 102 valence electrons. The second-order valence-corrected chi connectivity index (χ2v) is 5.21. The number of carbonyl (C=O) groups excluding carboxylic acids is 1. The Morgan fingerprint density at radius 3 is 2.60 bits per heavy atom. The number of fused-ring (bicyclic) bond motifs is 1. The quantitative estimate of drug-likeness (QED) is 0.765. The van der Waals surface area contributed by atoms with Crippen molar-refractivity contribution in [1.82, 2.24) is 0 Å². The topological polar surface area (TPSA) is 26.3 Å². The van der Waals surface area contributed by atoms with Gasteiger partial charge in [-0.25, -0.2) is 0 Å². The van der Waals surface area contributed by atoms with E-state index >= 15 is 0 Å². The molecule has 0 saturated heterocycles. The molecule has 1 aliphatic carbocycles. The SMILES string of the molecule is CCC(=O)c1ccc(OCC2Cc3ccccc32)cc1. The number of hydrogen-bond acceptors (Lipinski definition) is 2. The first-order valence-electron chi connectivity index (χ1n) is 7.12. The van der Waals surface area contributed by atoms with Crippen LogP contribution in [0, 0.1) is 0 Å². The van der Waals surface area contributed by atoms with E-state index in [1.54, 1.807) is 0 Å². The summed E-state index contributed by atoms with van der Waals surface area (Å²) in [6.45, 7) is 2.58. The number of rotatable bonds is 5. The summed E-state index contributed by atoms with van der Waals surface area (Å²) >= 11 is 0. The van der Waals surface area contributed by atoms with Gasteiger partial charge in [0.1, 0.15) is 5.75 Å². The second-order valence-electron chi connectivity index (χ2n) is 5.21. The first-order valence-corrected chi connectivity index (χ1v) is 7.12.